The summed E-state index contributed by atoms with van der Waals surface area (Å²) in [5, 5.41) is 4.11. The number of nitrogens with zero attached hydrogens (tertiary/aromatic N) is 1. The molecule has 2 unspecified atom stereocenters. The lowest BCUT2D eigenvalue weighted by Gasteiger charge is -2.45. The van der Waals surface area contributed by atoms with E-state index in [-0.39, 0.29) is 17.2 Å². The Hall–Kier alpha value is -1.56. The van der Waals surface area contributed by atoms with Crippen molar-refractivity contribution in [3.05, 3.63) is 22.2 Å². The molecule has 24 heavy (non-hydrogen) atoms. The second-order valence-electron chi connectivity index (χ2n) is 6.46. The number of rotatable bonds is 7. The molecule has 2 atom stereocenters. The summed E-state index contributed by atoms with van der Waals surface area (Å²) in [7, 11) is 3.18. The molecule has 132 valence electrons. The van der Waals surface area contributed by atoms with E-state index in [9.17, 15) is 4.79 Å². The normalized spacial score (nSPS) is 23.0. The number of ether oxygens (including phenoxy) is 2. The molecule has 0 aliphatic heterocycles. The second kappa shape index (κ2) is 8.01. The van der Waals surface area contributed by atoms with Crippen molar-refractivity contribution < 1.29 is 14.3 Å². The molecule has 0 radical (unpaired) electrons. The minimum atomic E-state index is -0.00000537. The van der Waals surface area contributed by atoms with Crippen LogP contribution >= 0.6 is 15.9 Å². The molecule has 1 aliphatic carbocycles. The van der Waals surface area contributed by atoms with E-state index in [2.05, 4.69) is 40.3 Å². The van der Waals surface area contributed by atoms with Crippen molar-refractivity contribution in [1.29, 1.82) is 0 Å². The van der Waals surface area contributed by atoms with Crippen LogP contribution in [0.15, 0.2) is 21.7 Å². The van der Waals surface area contributed by atoms with Gasteiger partial charge < -0.3 is 9.47 Å². The Morgan fingerprint density at radius 1 is 1.42 bits per heavy atom. The average molecular weight is 397 g/mol. The zero-order valence-electron chi connectivity index (χ0n) is 14.7. The van der Waals surface area contributed by atoms with E-state index in [1.54, 1.807) is 26.5 Å². The lowest BCUT2D eigenvalue weighted by Crippen LogP contribution is -2.46. The van der Waals surface area contributed by atoms with Gasteiger partial charge in [-0.1, -0.05) is 20.3 Å². The SMILES string of the molecule is CCCC1(C)CCC1C(=O)N/N=C/c1cc(Br)c(OC)cc1OC. The van der Waals surface area contributed by atoms with Crippen LogP contribution in [0.1, 0.15) is 45.1 Å². The summed E-state index contributed by atoms with van der Waals surface area (Å²) in [6, 6.07) is 3.62. The molecule has 0 spiro atoms. The van der Waals surface area contributed by atoms with Gasteiger partial charge in [-0.2, -0.15) is 5.10 Å². The molecule has 0 bridgehead atoms. The van der Waals surface area contributed by atoms with Gasteiger partial charge in [-0.3, -0.25) is 4.79 Å². The van der Waals surface area contributed by atoms with E-state index in [1.165, 1.54) is 0 Å². The number of hydrogen-bond donors (Lipinski definition) is 1. The fourth-order valence-electron chi connectivity index (χ4n) is 3.33. The van der Waals surface area contributed by atoms with Crippen molar-refractivity contribution in [3.8, 4) is 11.5 Å². The van der Waals surface area contributed by atoms with Crippen LogP contribution in [0.5, 0.6) is 11.5 Å². The van der Waals surface area contributed by atoms with Crippen molar-refractivity contribution >= 4 is 28.1 Å². The third-order valence-electron chi connectivity index (χ3n) is 4.87. The largest absolute Gasteiger partial charge is 0.496 e. The van der Waals surface area contributed by atoms with Crippen LogP contribution in [-0.4, -0.2) is 26.3 Å². The van der Waals surface area contributed by atoms with Gasteiger partial charge in [0.25, 0.3) is 0 Å². The molecule has 6 heteroatoms. The molecule has 2 rings (SSSR count). The molecule has 1 aromatic rings. The maximum Gasteiger partial charge on any atom is 0.243 e. The Kier molecular flexibility index (Phi) is 6.27. The monoisotopic (exact) mass is 396 g/mol. The molecule has 0 heterocycles. The Balaban J connectivity index is 2.04. The standard InChI is InChI=1S/C18H25BrN2O3/c1-5-7-18(2)8-6-13(18)17(22)21-20-11-12-9-14(19)16(24-4)10-15(12)23-3/h9-11,13H,5-8H2,1-4H3,(H,21,22)/b20-11+. The molecular formula is C18H25BrN2O3. The van der Waals surface area contributed by atoms with Gasteiger partial charge in [-0.05, 0) is 46.7 Å². The first kappa shape index (κ1) is 18.8. The maximum atomic E-state index is 12.3. The summed E-state index contributed by atoms with van der Waals surface area (Å²) in [5.74, 6) is 1.37. The number of methoxy groups -OCH3 is 2. The van der Waals surface area contributed by atoms with Gasteiger partial charge in [0, 0.05) is 17.5 Å². The predicted octanol–water partition coefficient (Wildman–Crippen LogP) is 4.13. The first-order chi connectivity index (χ1) is 11.4. The minimum Gasteiger partial charge on any atom is -0.496 e. The highest BCUT2D eigenvalue weighted by molar-refractivity contribution is 9.10. The summed E-state index contributed by atoms with van der Waals surface area (Å²) in [6.07, 6.45) is 5.82. The van der Waals surface area contributed by atoms with Gasteiger partial charge in [0.2, 0.25) is 5.91 Å². The number of halogens is 1. The lowest BCUT2D eigenvalue weighted by molar-refractivity contribution is -0.135. The summed E-state index contributed by atoms with van der Waals surface area (Å²) < 4.78 is 11.4. The molecule has 1 fully saturated rings. The van der Waals surface area contributed by atoms with Crippen LogP contribution < -0.4 is 14.9 Å². The number of amides is 1. The van der Waals surface area contributed by atoms with Crippen molar-refractivity contribution in [2.24, 2.45) is 16.4 Å². The summed E-state index contributed by atoms with van der Waals surface area (Å²) in [6.45, 7) is 4.35. The molecule has 1 amide bonds. The topological polar surface area (TPSA) is 59.9 Å². The van der Waals surface area contributed by atoms with Crippen LogP contribution in [-0.2, 0) is 4.79 Å². The van der Waals surface area contributed by atoms with Crippen molar-refractivity contribution in [1.82, 2.24) is 5.43 Å². The molecular weight excluding hydrogens is 372 g/mol. The van der Waals surface area contributed by atoms with Gasteiger partial charge in [-0.25, -0.2) is 5.43 Å². The zero-order chi connectivity index (χ0) is 17.7. The van der Waals surface area contributed by atoms with E-state index in [0.717, 1.165) is 35.7 Å². The molecule has 5 nitrogen and oxygen atoms in total. The molecule has 1 N–H and O–H groups in total. The molecule has 0 aromatic heterocycles. The van der Waals surface area contributed by atoms with Gasteiger partial charge in [0.1, 0.15) is 11.5 Å². The molecule has 1 aliphatic rings. The minimum absolute atomic E-state index is 0.00000537. The van der Waals surface area contributed by atoms with E-state index < -0.39 is 0 Å². The van der Waals surface area contributed by atoms with E-state index in [1.807, 2.05) is 6.07 Å². The van der Waals surface area contributed by atoms with E-state index >= 15 is 0 Å². The van der Waals surface area contributed by atoms with Gasteiger partial charge in [-0.15, -0.1) is 0 Å². The first-order valence-electron chi connectivity index (χ1n) is 8.19. The second-order valence-corrected chi connectivity index (χ2v) is 7.31. The van der Waals surface area contributed by atoms with Crippen molar-refractivity contribution in [3.63, 3.8) is 0 Å². The number of benzene rings is 1. The smallest absolute Gasteiger partial charge is 0.243 e. The summed E-state index contributed by atoms with van der Waals surface area (Å²) >= 11 is 3.44. The zero-order valence-corrected chi connectivity index (χ0v) is 16.3. The Bertz CT molecular complexity index is 633. The summed E-state index contributed by atoms with van der Waals surface area (Å²) in [4.78, 5) is 12.3. The van der Waals surface area contributed by atoms with Crippen molar-refractivity contribution in [2.75, 3.05) is 14.2 Å². The third-order valence-corrected chi connectivity index (χ3v) is 5.49. The highest BCUT2D eigenvalue weighted by Gasteiger charge is 2.45. The highest BCUT2D eigenvalue weighted by atomic mass is 79.9. The van der Waals surface area contributed by atoms with Crippen molar-refractivity contribution in [2.45, 2.75) is 39.5 Å². The Morgan fingerprint density at radius 3 is 2.67 bits per heavy atom. The maximum absolute atomic E-state index is 12.3. The van der Waals surface area contributed by atoms with Crippen LogP contribution in [0.4, 0.5) is 0 Å². The van der Waals surface area contributed by atoms with E-state index in [0.29, 0.717) is 11.5 Å². The van der Waals surface area contributed by atoms with Gasteiger partial charge in [0.05, 0.1) is 24.9 Å². The summed E-state index contributed by atoms with van der Waals surface area (Å²) in [5.41, 5.74) is 3.55. The highest BCUT2D eigenvalue weighted by Crippen LogP contribution is 2.49. The molecule has 0 saturated heterocycles. The quantitative estimate of drug-likeness (QED) is 0.556. The van der Waals surface area contributed by atoms with Gasteiger partial charge >= 0.3 is 0 Å². The number of carbonyl (C=O) groups excluding carboxylic acids is 1. The number of carbonyl (C=O) groups is 1. The van der Waals surface area contributed by atoms with Crippen LogP contribution in [0, 0.1) is 11.3 Å². The first-order valence-corrected chi connectivity index (χ1v) is 8.99. The number of hydrogen-bond acceptors (Lipinski definition) is 4. The van der Waals surface area contributed by atoms with Gasteiger partial charge in [0.15, 0.2) is 0 Å². The van der Waals surface area contributed by atoms with Crippen LogP contribution in [0.25, 0.3) is 0 Å². The third kappa shape index (κ3) is 3.91. The fourth-order valence-corrected chi connectivity index (χ4v) is 3.85. The fraction of sp³-hybridized carbons (Fsp3) is 0.556. The van der Waals surface area contributed by atoms with Crippen LogP contribution in [0.3, 0.4) is 0 Å². The number of nitrogens with one attached hydrogen (secondary N) is 1. The Morgan fingerprint density at radius 2 is 2.12 bits per heavy atom. The average Bonchev–Trinajstić information content (AvgIpc) is 2.54. The number of hydrazone groups is 1. The lowest BCUT2D eigenvalue weighted by atomic mass is 9.59. The Labute approximate surface area is 151 Å². The van der Waals surface area contributed by atoms with Crippen LogP contribution in [0.2, 0.25) is 0 Å². The molecule has 1 saturated carbocycles. The predicted molar refractivity (Wildman–Crippen MR) is 98.7 cm³/mol. The molecule has 1 aromatic carbocycles. The van der Waals surface area contributed by atoms with E-state index in [4.69, 9.17) is 9.47 Å².